The molecular weight excluding hydrogens is 263 g/mol. The Hall–Kier alpha value is -2.07. The zero-order chi connectivity index (χ0) is 13.8. The van der Waals surface area contributed by atoms with Crippen molar-refractivity contribution >= 4 is 22.9 Å². The molecule has 0 aliphatic rings. The van der Waals surface area contributed by atoms with Gasteiger partial charge in [0.1, 0.15) is 16.6 Å². The van der Waals surface area contributed by atoms with E-state index >= 15 is 0 Å². The molecule has 0 bridgehead atoms. The summed E-state index contributed by atoms with van der Waals surface area (Å²) in [6.07, 6.45) is -3.25. The van der Waals surface area contributed by atoms with Crippen molar-refractivity contribution in [3.8, 4) is 6.07 Å². The molecule has 0 aromatic heterocycles. The van der Waals surface area contributed by atoms with Crippen LogP contribution in [0.2, 0.25) is 0 Å². The van der Waals surface area contributed by atoms with E-state index in [1.807, 2.05) is 0 Å². The van der Waals surface area contributed by atoms with Gasteiger partial charge in [-0.1, -0.05) is 18.3 Å². The Bertz CT molecular complexity index is 529. The summed E-state index contributed by atoms with van der Waals surface area (Å²) in [5.41, 5.74) is 4.63. The van der Waals surface area contributed by atoms with Gasteiger partial charge in [0.2, 0.25) is 0 Å². The van der Waals surface area contributed by atoms with Gasteiger partial charge in [0.15, 0.2) is 0 Å². The summed E-state index contributed by atoms with van der Waals surface area (Å²) < 4.78 is 37.3. The molecule has 3 nitrogen and oxygen atoms in total. The first-order chi connectivity index (χ1) is 8.34. The number of nitrogens with one attached hydrogen (secondary N) is 1. The van der Waals surface area contributed by atoms with Crippen molar-refractivity contribution in [1.82, 2.24) is 0 Å². The largest absolute Gasteiger partial charge is 0.416 e. The number of nitriles is 1. The monoisotopic (exact) mass is 271 g/mol. The molecule has 1 aromatic carbocycles. The average molecular weight is 271 g/mol. The lowest BCUT2D eigenvalue weighted by Gasteiger charge is -2.08. The molecular formula is C11H8F3N3S. The van der Waals surface area contributed by atoms with Crippen LogP contribution in [0.5, 0.6) is 0 Å². The number of nitrogens with two attached hydrogens (primary N) is 1. The molecule has 0 heterocycles. The van der Waals surface area contributed by atoms with Crippen molar-refractivity contribution in [2.24, 2.45) is 5.73 Å². The van der Waals surface area contributed by atoms with Crippen LogP contribution in [0.4, 0.5) is 18.9 Å². The summed E-state index contributed by atoms with van der Waals surface area (Å²) in [6.45, 7) is 0. The van der Waals surface area contributed by atoms with Crippen molar-refractivity contribution in [1.29, 1.82) is 5.26 Å². The molecule has 18 heavy (non-hydrogen) atoms. The normalized spacial score (nSPS) is 11.8. The lowest BCUT2D eigenvalue weighted by Crippen LogP contribution is -2.11. The molecule has 0 aliphatic heterocycles. The fourth-order valence-corrected chi connectivity index (χ4v) is 1.20. The SMILES string of the molecule is N#C/C(=C/Nc1cccc(C(F)(F)F)c1)C(N)=S. The van der Waals surface area contributed by atoms with Crippen LogP contribution < -0.4 is 11.1 Å². The van der Waals surface area contributed by atoms with E-state index in [4.69, 9.17) is 11.0 Å². The summed E-state index contributed by atoms with van der Waals surface area (Å²) in [7, 11) is 0. The van der Waals surface area contributed by atoms with Crippen LogP contribution in [-0.2, 0) is 6.18 Å². The first-order valence-electron chi connectivity index (χ1n) is 4.68. The predicted octanol–water partition coefficient (Wildman–Crippen LogP) is 2.81. The summed E-state index contributed by atoms with van der Waals surface area (Å²) in [4.78, 5) is -0.128. The molecule has 7 heteroatoms. The van der Waals surface area contributed by atoms with E-state index in [2.05, 4.69) is 17.5 Å². The molecule has 1 aromatic rings. The van der Waals surface area contributed by atoms with Crippen LogP contribution in [0, 0.1) is 11.3 Å². The second-order valence-corrected chi connectivity index (χ2v) is 3.70. The van der Waals surface area contributed by atoms with Crippen molar-refractivity contribution in [3.63, 3.8) is 0 Å². The maximum atomic E-state index is 12.4. The maximum absolute atomic E-state index is 12.4. The smallest absolute Gasteiger partial charge is 0.389 e. The van der Waals surface area contributed by atoms with Crippen molar-refractivity contribution in [3.05, 3.63) is 41.6 Å². The number of hydrogen-bond acceptors (Lipinski definition) is 3. The summed E-state index contributed by atoms with van der Waals surface area (Å²) in [5, 5.41) is 11.2. The van der Waals surface area contributed by atoms with E-state index in [9.17, 15) is 13.2 Å². The lowest BCUT2D eigenvalue weighted by atomic mass is 10.2. The molecule has 0 unspecified atom stereocenters. The summed E-state index contributed by atoms with van der Waals surface area (Å²) in [6, 6.07) is 6.29. The zero-order valence-corrected chi connectivity index (χ0v) is 9.77. The van der Waals surface area contributed by atoms with E-state index in [0.717, 1.165) is 18.3 Å². The van der Waals surface area contributed by atoms with E-state index < -0.39 is 11.7 Å². The van der Waals surface area contributed by atoms with Crippen molar-refractivity contribution in [2.75, 3.05) is 5.32 Å². The highest BCUT2D eigenvalue weighted by atomic mass is 32.1. The number of hydrogen-bond donors (Lipinski definition) is 2. The predicted molar refractivity (Wildman–Crippen MR) is 65.5 cm³/mol. The van der Waals surface area contributed by atoms with Crippen LogP contribution in [0.25, 0.3) is 0 Å². The number of benzene rings is 1. The van der Waals surface area contributed by atoms with Gasteiger partial charge in [-0.15, -0.1) is 0 Å². The Balaban J connectivity index is 2.94. The zero-order valence-electron chi connectivity index (χ0n) is 8.95. The molecule has 3 N–H and O–H groups in total. The number of thiocarbonyl (C=S) groups is 1. The molecule has 0 amide bonds. The van der Waals surface area contributed by atoms with E-state index in [1.165, 1.54) is 12.1 Å². The first kappa shape index (κ1) is 14.0. The number of rotatable bonds is 3. The van der Waals surface area contributed by atoms with Gasteiger partial charge >= 0.3 is 6.18 Å². The second-order valence-electron chi connectivity index (χ2n) is 3.26. The van der Waals surface area contributed by atoms with Crippen LogP contribution in [0.15, 0.2) is 36.0 Å². The topological polar surface area (TPSA) is 61.8 Å². The Labute approximate surface area is 107 Å². The van der Waals surface area contributed by atoms with E-state index in [1.54, 1.807) is 6.07 Å². The third-order valence-corrected chi connectivity index (χ3v) is 2.18. The minimum Gasteiger partial charge on any atom is -0.389 e. The van der Waals surface area contributed by atoms with Gasteiger partial charge in [-0.05, 0) is 18.2 Å². The lowest BCUT2D eigenvalue weighted by molar-refractivity contribution is -0.137. The van der Waals surface area contributed by atoms with Crippen LogP contribution in [0.1, 0.15) is 5.56 Å². The standard InChI is InChI=1S/C11H8F3N3S/c12-11(13,14)8-2-1-3-9(4-8)17-6-7(5-15)10(16)18/h1-4,6,17H,(H2,16,18)/b7-6-. The average Bonchev–Trinajstić information content (AvgIpc) is 2.28. The van der Waals surface area contributed by atoms with E-state index in [0.29, 0.717) is 0 Å². The summed E-state index contributed by atoms with van der Waals surface area (Å²) >= 11 is 4.58. The highest BCUT2D eigenvalue weighted by molar-refractivity contribution is 7.80. The molecule has 0 fully saturated rings. The highest BCUT2D eigenvalue weighted by Gasteiger charge is 2.30. The number of nitrogens with zero attached hydrogens (tertiary/aromatic N) is 1. The Morgan fingerprint density at radius 1 is 1.44 bits per heavy atom. The minimum absolute atomic E-state index is 0.0117. The van der Waals surface area contributed by atoms with E-state index in [-0.39, 0.29) is 16.2 Å². The fourth-order valence-electron chi connectivity index (χ4n) is 1.10. The molecule has 94 valence electrons. The molecule has 0 aliphatic carbocycles. The van der Waals surface area contributed by atoms with Crippen molar-refractivity contribution < 1.29 is 13.2 Å². The van der Waals surface area contributed by atoms with Gasteiger partial charge in [-0.3, -0.25) is 0 Å². The molecule has 0 saturated carbocycles. The van der Waals surface area contributed by atoms with Crippen LogP contribution in [0.3, 0.4) is 0 Å². The molecule has 0 atom stereocenters. The quantitative estimate of drug-likeness (QED) is 0.504. The molecule has 0 saturated heterocycles. The van der Waals surface area contributed by atoms with Gasteiger partial charge < -0.3 is 11.1 Å². The molecule has 0 radical (unpaired) electrons. The Morgan fingerprint density at radius 2 is 2.11 bits per heavy atom. The van der Waals surface area contributed by atoms with Crippen LogP contribution in [-0.4, -0.2) is 4.99 Å². The van der Waals surface area contributed by atoms with Gasteiger partial charge in [-0.25, -0.2) is 0 Å². The van der Waals surface area contributed by atoms with Gasteiger partial charge in [0.05, 0.1) is 5.56 Å². The number of alkyl halides is 3. The molecule has 1 rings (SSSR count). The van der Waals surface area contributed by atoms with Crippen molar-refractivity contribution in [2.45, 2.75) is 6.18 Å². The minimum atomic E-state index is -4.41. The van der Waals surface area contributed by atoms with Crippen LogP contribution >= 0.6 is 12.2 Å². The number of anilines is 1. The van der Waals surface area contributed by atoms with Gasteiger partial charge in [-0.2, -0.15) is 18.4 Å². The Morgan fingerprint density at radius 3 is 2.61 bits per heavy atom. The third-order valence-electron chi connectivity index (χ3n) is 1.96. The van der Waals surface area contributed by atoms with Gasteiger partial charge in [0, 0.05) is 11.9 Å². The maximum Gasteiger partial charge on any atom is 0.416 e. The fraction of sp³-hybridized carbons (Fsp3) is 0.0909. The van der Waals surface area contributed by atoms with Gasteiger partial charge in [0.25, 0.3) is 0 Å². The molecule has 0 spiro atoms. The Kier molecular flexibility index (Phi) is 4.28. The third kappa shape index (κ3) is 3.75. The number of halogens is 3. The second kappa shape index (κ2) is 5.51. The first-order valence-corrected chi connectivity index (χ1v) is 5.09. The summed E-state index contributed by atoms with van der Waals surface area (Å²) in [5.74, 6) is 0. The highest BCUT2D eigenvalue weighted by Crippen LogP contribution is 2.30.